The van der Waals surface area contributed by atoms with Gasteiger partial charge in [-0.2, -0.15) is 0 Å². The van der Waals surface area contributed by atoms with Crippen molar-refractivity contribution in [3.63, 3.8) is 0 Å². The summed E-state index contributed by atoms with van der Waals surface area (Å²) in [6.07, 6.45) is 0.639. The summed E-state index contributed by atoms with van der Waals surface area (Å²) in [6, 6.07) is 12.1. The van der Waals surface area contributed by atoms with Gasteiger partial charge in [0, 0.05) is 43.4 Å². The number of para-hydroxylation sites is 1. The number of thioether (sulfide) groups is 1. The van der Waals surface area contributed by atoms with Crippen LogP contribution in [0.1, 0.15) is 19.8 Å². The highest BCUT2D eigenvalue weighted by Gasteiger charge is 2.24. The number of fused-ring (bicyclic) bond motifs is 1. The van der Waals surface area contributed by atoms with Gasteiger partial charge in [-0.1, -0.05) is 47.1 Å². The first-order valence-corrected chi connectivity index (χ1v) is 13.4. The normalized spacial score (nSPS) is 13.8. The van der Waals surface area contributed by atoms with E-state index in [9.17, 15) is 14.4 Å². The Morgan fingerprint density at radius 1 is 1.06 bits per heavy atom. The summed E-state index contributed by atoms with van der Waals surface area (Å²) in [4.78, 5) is 46.0. The molecule has 1 saturated heterocycles. The van der Waals surface area contributed by atoms with Crippen LogP contribution in [0.25, 0.3) is 16.6 Å². The number of carbonyl (C=O) groups is 2. The van der Waals surface area contributed by atoms with Crippen molar-refractivity contribution in [1.29, 1.82) is 0 Å². The largest absolute Gasteiger partial charge is 0.450 e. The van der Waals surface area contributed by atoms with Crippen molar-refractivity contribution in [2.24, 2.45) is 0 Å². The zero-order valence-electron chi connectivity index (χ0n) is 19.8. The van der Waals surface area contributed by atoms with Crippen LogP contribution in [0.5, 0.6) is 0 Å². The molecule has 3 aromatic rings. The lowest BCUT2D eigenvalue weighted by Gasteiger charge is -2.34. The smallest absolute Gasteiger partial charge is 0.409 e. The zero-order chi connectivity index (χ0) is 25.7. The third kappa shape index (κ3) is 5.96. The van der Waals surface area contributed by atoms with Crippen LogP contribution in [0, 0.1) is 0 Å². The molecule has 0 spiro atoms. The van der Waals surface area contributed by atoms with E-state index in [-0.39, 0.29) is 17.6 Å². The molecule has 0 radical (unpaired) electrons. The highest BCUT2D eigenvalue weighted by Crippen LogP contribution is 2.28. The van der Waals surface area contributed by atoms with E-state index in [4.69, 9.17) is 32.9 Å². The van der Waals surface area contributed by atoms with Crippen molar-refractivity contribution in [2.45, 2.75) is 24.9 Å². The lowest BCUT2D eigenvalue weighted by atomic mass is 10.2. The van der Waals surface area contributed by atoms with Crippen molar-refractivity contribution in [3.8, 4) is 5.69 Å². The number of ether oxygens (including phenoxy) is 1. The second-order valence-corrected chi connectivity index (χ2v) is 10.1. The van der Waals surface area contributed by atoms with Gasteiger partial charge in [-0.25, -0.2) is 9.78 Å². The summed E-state index contributed by atoms with van der Waals surface area (Å²) in [5.41, 5.74) is 0.882. The molecule has 0 atom stereocenters. The second-order valence-electron chi connectivity index (χ2n) is 8.17. The van der Waals surface area contributed by atoms with Gasteiger partial charge in [0.25, 0.3) is 5.56 Å². The number of benzene rings is 2. The van der Waals surface area contributed by atoms with Gasteiger partial charge >= 0.3 is 6.09 Å². The molecule has 1 aliphatic rings. The molecule has 1 aromatic heterocycles. The van der Waals surface area contributed by atoms with Crippen LogP contribution >= 0.6 is 35.0 Å². The maximum absolute atomic E-state index is 13.4. The molecule has 0 unspecified atom stereocenters. The van der Waals surface area contributed by atoms with Gasteiger partial charge in [-0.3, -0.25) is 14.2 Å². The number of halogens is 2. The molecule has 0 N–H and O–H groups in total. The maximum atomic E-state index is 13.4. The molecule has 11 heteroatoms. The first kappa shape index (κ1) is 26.3. The van der Waals surface area contributed by atoms with Gasteiger partial charge in [-0.05, 0) is 43.7 Å². The van der Waals surface area contributed by atoms with Crippen LogP contribution in [-0.2, 0) is 9.53 Å². The summed E-state index contributed by atoms with van der Waals surface area (Å²) < 4.78 is 6.53. The number of aromatic nitrogens is 2. The Morgan fingerprint density at radius 2 is 1.78 bits per heavy atom. The lowest BCUT2D eigenvalue weighted by molar-refractivity contribution is -0.132. The van der Waals surface area contributed by atoms with Crippen LogP contribution in [0.4, 0.5) is 4.79 Å². The molecule has 2 heterocycles. The minimum atomic E-state index is -0.337. The number of amides is 2. The van der Waals surface area contributed by atoms with E-state index in [1.807, 2.05) is 6.07 Å². The van der Waals surface area contributed by atoms with E-state index in [2.05, 4.69) is 0 Å². The van der Waals surface area contributed by atoms with Gasteiger partial charge in [0.2, 0.25) is 5.91 Å². The van der Waals surface area contributed by atoms with Crippen molar-refractivity contribution in [3.05, 3.63) is 62.9 Å². The molecular formula is C25H26Cl2N4O4S. The fraction of sp³-hybridized carbons (Fsp3) is 0.360. The Hall–Kier alpha value is -2.75. The summed E-state index contributed by atoms with van der Waals surface area (Å²) in [7, 11) is 0. The predicted molar refractivity (Wildman–Crippen MR) is 142 cm³/mol. The van der Waals surface area contributed by atoms with Crippen LogP contribution < -0.4 is 5.56 Å². The monoisotopic (exact) mass is 548 g/mol. The average molecular weight is 549 g/mol. The highest BCUT2D eigenvalue weighted by atomic mass is 35.5. The second kappa shape index (κ2) is 12.0. The fourth-order valence-electron chi connectivity index (χ4n) is 3.98. The first-order chi connectivity index (χ1) is 17.4. The van der Waals surface area contributed by atoms with Crippen LogP contribution in [-0.4, -0.2) is 69.9 Å². The van der Waals surface area contributed by atoms with E-state index in [0.717, 1.165) is 0 Å². The molecule has 36 heavy (non-hydrogen) atoms. The first-order valence-electron chi connectivity index (χ1n) is 11.7. The van der Waals surface area contributed by atoms with Gasteiger partial charge < -0.3 is 14.5 Å². The van der Waals surface area contributed by atoms with Gasteiger partial charge in [0.05, 0.1) is 28.2 Å². The predicted octanol–water partition coefficient (Wildman–Crippen LogP) is 4.87. The molecule has 190 valence electrons. The molecule has 4 rings (SSSR count). The van der Waals surface area contributed by atoms with Crippen molar-refractivity contribution in [1.82, 2.24) is 19.4 Å². The molecule has 0 bridgehead atoms. The zero-order valence-corrected chi connectivity index (χ0v) is 22.1. The van der Waals surface area contributed by atoms with Crippen LogP contribution in [0.15, 0.2) is 52.4 Å². The molecular weight excluding hydrogens is 523 g/mol. The Labute approximate surface area is 223 Å². The van der Waals surface area contributed by atoms with E-state index >= 15 is 0 Å². The lowest BCUT2D eigenvalue weighted by Crippen LogP contribution is -2.50. The SMILES string of the molecule is CCOC(=O)N1CCN(C(=O)CCCSc2nc3ccccc3c(=O)n2-c2ccc(Cl)cc2Cl)CC1. The molecule has 0 aliphatic carbocycles. The number of hydrogen-bond donors (Lipinski definition) is 0. The summed E-state index contributed by atoms with van der Waals surface area (Å²) in [5, 5.41) is 1.81. The molecule has 8 nitrogen and oxygen atoms in total. The van der Waals surface area contributed by atoms with Crippen LogP contribution in [0.2, 0.25) is 10.0 Å². The van der Waals surface area contributed by atoms with E-state index in [0.29, 0.717) is 83.2 Å². The van der Waals surface area contributed by atoms with Gasteiger partial charge in [0.15, 0.2) is 5.16 Å². The van der Waals surface area contributed by atoms with Crippen LogP contribution in [0.3, 0.4) is 0 Å². The molecule has 2 aromatic carbocycles. The quantitative estimate of drug-likeness (QED) is 0.238. The minimum absolute atomic E-state index is 0.0451. The minimum Gasteiger partial charge on any atom is -0.450 e. The number of rotatable bonds is 7. The van der Waals surface area contributed by atoms with Gasteiger partial charge in [-0.15, -0.1) is 0 Å². The van der Waals surface area contributed by atoms with E-state index < -0.39 is 0 Å². The van der Waals surface area contributed by atoms with Crippen molar-refractivity contribution in [2.75, 3.05) is 38.5 Å². The van der Waals surface area contributed by atoms with E-state index in [1.165, 1.54) is 16.3 Å². The third-order valence-corrected chi connectivity index (χ3v) is 7.38. The third-order valence-electron chi connectivity index (χ3n) is 5.82. The molecule has 2 amide bonds. The number of carbonyl (C=O) groups excluding carboxylic acids is 2. The van der Waals surface area contributed by atoms with Crippen molar-refractivity contribution >= 4 is 57.9 Å². The summed E-state index contributed by atoms with van der Waals surface area (Å²) in [6.45, 7) is 4.02. The standard InChI is InChI=1S/C25H26Cl2N4O4S/c1-2-35-25(34)30-13-11-29(12-14-30)22(32)8-5-15-36-24-28-20-7-4-3-6-18(20)23(33)31(24)21-10-9-17(26)16-19(21)27/h3-4,6-7,9-10,16H,2,5,8,11-15H2,1H3. The molecule has 1 fully saturated rings. The number of hydrogen-bond acceptors (Lipinski definition) is 6. The summed E-state index contributed by atoms with van der Waals surface area (Å²) >= 11 is 13.9. The Balaban J connectivity index is 1.42. The Bertz CT molecular complexity index is 1330. The Morgan fingerprint density at radius 3 is 2.50 bits per heavy atom. The van der Waals surface area contributed by atoms with Crippen molar-refractivity contribution < 1.29 is 14.3 Å². The topological polar surface area (TPSA) is 84.7 Å². The maximum Gasteiger partial charge on any atom is 0.409 e. The Kier molecular flexibility index (Phi) is 8.77. The van der Waals surface area contributed by atoms with E-state index in [1.54, 1.807) is 53.1 Å². The number of nitrogens with zero attached hydrogens (tertiary/aromatic N) is 4. The highest BCUT2D eigenvalue weighted by molar-refractivity contribution is 7.99. The molecule has 1 aliphatic heterocycles. The number of piperazine rings is 1. The average Bonchev–Trinajstić information content (AvgIpc) is 2.87. The van der Waals surface area contributed by atoms with Gasteiger partial charge in [0.1, 0.15) is 0 Å². The summed E-state index contributed by atoms with van der Waals surface area (Å²) in [5.74, 6) is 0.633. The fourth-order valence-corrected chi connectivity index (χ4v) is 5.42. The molecule has 0 saturated carbocycles.